The number of para-hydroxylation sites is 1. The van der Waals surface area contributed by atoms with Gasteiger partial charge in [0.25, 0.3) is 0 Å². The molecule has 0 N–H and O–H groups in total. The normalized spacial score (nSPS) is 11.8. The van der Waals surface area contributed by atoms with Crippen LogP contribution in [0.2, 0.25) is 13.3 Å². The second kappa shape index (κ2) is 10.3. The first-order valence-corrected chi connectivity index (χ1v) is 17.3. The van der Waals surface area contributed by atoms with Gasteiger partial charge in [-0.05, 0) is 0 Å². The molecule has 0 bridgehead atoms. The number of nitrogens with zero attached hydrogens (tertiary/aromatic N) is 2. The van der Waals surface area contributed by atoms with Gasteiger partial charge < -0.3 is 0 Å². The van der Waals surface area contributed by atoms with E-state index in [1.54, 1.807) is 0 Å². The van der Waals surface area contributed by atoms with Gasteiger partial charge >= 0.3 is 153 Å². The molecule has 2 nitrogen and oxygen atoms in total. The summed E-state index contributed by atoms with van der Waals surface area (Å²) in [4.78, 5) is 4.98. The quantitative estimate of drug-likeness (QED) is 0.402. The molecule has 2 aromatic rings. The van der Waals surface area contributed by atoms with Crippen LogP contribution in [0.1, 0.15) is 59.3 Å². The SMILES string of the molecule is CCC[CH2][Sn]([CH2]CCC)([CH2]CCC)[c]1nccn1-c1ccccc1. The summed E-state index contributed by atoms with van der Waals surface area (Å²) in [6.07, 6.45) is 12.3. The number of aromatic nitrogens is 2. The first-order chi connectivity index (χ1) is 11.8. The Labute approximate surface area is 152 Å². The van der Waals surface area contributed by atoms with Crippen molar-refractivity contribution in [3.63, 3.8) is 0 Å². The average Bonchev–Trinajstić information content (AvgIpc) is 3.12. The molecule has 0 saturated heterocycles. The van der Waals surface area contributed by atoms with Crippen LogP contribution in [0.4, 0.5) is 0 Å². The minimum absolute atomic E-state index is 1.29. The van der Waals surface area contributed by atoms with Crippen LogP contribution >= 0.6 is 0 Å². The third-order valence-corrected chi connectivity index (χ3v) is 20.2. The summed E-state index contributed by atoms with van der Waals surface area (Å²) in [5.74, 6) is 0. The third-order valence-electron chi connectivity index (χ3n) is 5.18. The third kappa shape index (κ3) is 4.87. The van der Waals surface area contributed by atoms with E-state index in [1.165, 1.54) is 61.4 Å². The zero-order valence-corrected chi connectivity index (χ0v) is 18.7. The Bertz CT molecular complexity index is 555. The van der Waals surface area contributed by atoms with Gasteiger partial charge in [0.05, 0.1) is 0 Å². The van der Waals surface area contributed by atoms with Crippen LogP contribution in [0.15, 0.2) is 42.7 Å². The van der Waals surface area contributed by atoms with Crippen molar-refractivity contribution in [2.24, 2.45) is 0 Å². The first-order valence-electron chi connectivity index (χ1n) is 9.86. The standard InChI is InChI=1S/C9H7N2.3C4H9.Sn/c1-2-4-9(5-3-1)11-7-6-10-8-11;3*1-3-4-2;/h1-7H;3*1,3-4H2,2H3;. The van der Waals surface area contributed by atoms with Gasteiger partial charge in [-0.1, -0.05) is 0 Å². The van der Waals surface area contributed by atoms with Crippen molar-refractivity contribution in [3.05, 3.63) is 42.7 Å². The number of unbranched alkanes of at least 4 members (excludes halogenated alkanes) is 3. The minimum atomic E-state index is -2.47. The van der Waals surface area contributed by atoms with E-state index in [-0.39, 0.29) is 0 Å². The second-order valence-corrected chi connectivity index (χ2v) is 19.9. The fraction of sp³-hybridized carbons (Fsp3) is 0.571. The van der Waals surface area contributed by atoms with Gasteiger partial charge in [0, 0.05) is 0 Å². The number of hydrogen-bond acceptors (Lipinski definition) is 1. The molecule has 3 heteroatoms. The Hall–Kier alpha value is -0.771. The van der Waals surface area contributed by atoms with E-state index in [0.717, 1.165) is 0 Å². The monoisotopic (exact) mass is 434 g/mol. The summed E-state index contributed by atoms with van der Waals surface area (Å²) in [5.41, 5.74) is 1.29. The average molecular weight is 433 g/mol. The molecule has 1 aromatic carbocycles. The van der Waals surface area contributed by atoms with E-state index in [4.69, 9.17) is 4.98 Å². The Kier molecular flexibility index (Phi) is 8.37. The molecule has 2 rings (SSSR count). The molecule has 0 spiro atoms. The fourth-order valence-electron chi connectivity index (χ4n) is 3.75. The van der Waals surface area contributed by atoms with Gasteiger partial charge in [0.15, 0.2) is 0 Å². The van der Waals surface area contributed by atoms with E-state index in [0.29, 0.717) is 0 Å². The summed E-state index contributed by atoms with van der Waals surface area (Å²) in [5, 5.41) is 0. The predicted molar refractivity (Wildman–Crippen MR) is 108 cm³/mol. The predicted octanol–water partition coefficient (Wildman–Crippen LogP) is 5.93. The molecule has 0 aliphatic rings. The van der Waals surface area contributed by atoms with Crippen LogP contribution in [-0.2, 0) is 0 Å². The molecule has 0 fully saturated rings. The van der Waals surface area contributed by atoms with Crippen molar-refractivity contribution in [2.45, 2.75) is 72.6 Å². The van der Waals surface area contributed by atoms with E-state index in [2.05, 4.69) is 61.9 Å². The maximum absolute atomic E-state index is 4.98. The van der Waals surface area contributed by atoms with E-state index >= 15 is 0 Å². The van der Waals surface area contributed by atoms with Crippen LogP contribution in [0, 0.1) is 0 Å². The Balaban J connectivity index is 2.43. The van der Waals surface area contributed by atoms with Gasteiger partial charge in [-0.3, -0.25) is 0 Å². The summed E-state index contributed by atoms with van der Waals surface area (Å²) in [7, 11) is 0. The zero-order chi connectivity index (χ0) is 17.3. The summed E-state index contributed by atoms with van der Waals surface area (Å²) in [6.45, 7) is 7.00. The second-order valence-electron chi connectivity index (χ2n) is 7.05. The van der Waals surface area contributed by atoms with Gasteiger partial charge in [0.1, 0.15) is 0 Å². The van der Waals surface area contributed by atoms with Crippen LogP contribution in [0.5, 0.6) is 0 Å². The van der Waals surface area contributed by atoms with Gasteiger partial charge in [-0.15, -0.1) is 0 Å². The van der Waals surface area contributed by atoms with Crippen LogP contribution in [-0.4, -0.2) is 27.9 Å². The molecule has 24 heavy (non-hydrogen) atoms. The molecule has 1 aromatic heterocycles. The van der Waals surface area contributed by atoms with E-state index in [1.807, 2.05) is 6.20 Å². The van der Waals surface area contributed by atoms with Crippen LogP contribution in [0.3, 0.4) is 0 Å². The number of imidazole rings is 1. The number of benzene rings is 1. The molecular weight excluding hydrogens is 399 g/mol. The molecule has 0 saturated carbocycles. The fourth-order valence-corrected chi connectivity index (χ4v) is 19.7. The van der Waals surface area contributed by atoms with Crippen LogP contribution < -0.4 is 3.84 Å². The van der Waals surface area contributed by atoms with Gasteiger partial charge in [0.2, 0.25) is 0 Å². The van der Waals surface area contributed by atoms with Crippen LogP contribution in [0.25, 0.3) is 5.69 Å². The van der Waals surface area contributed by atoms with Crippen molar-refractivity contribution in [1.82, 2.24) is 9.55 Å². The zero-order valence-electron chi connectivity index (χ0n) is 15.8. The van der Waals surface area contributed by atoms with Gasteiger partial charge in [-0.25, -0.2) is 0 Å². The number of rotatable bonds is 11. The Morgan fingerprint density at radius 1 is 0.833 bits per heavy atom. The van der Waals surface area contributed by atoms with E-state index < -0.39 is 18.4 Å². The Morgan fingerprint density at radius 2 is 1.38 bits per heavy atom. The molecule has 0 unspecified atom stereocenters. The molecule has 1 heterocycles. The molecule has 0 atom stereocenters. The molecule has 132 valence electrons. The van der Waals surface area contributed by atoms with Gasteiger partial charge in [-0.2, -0.15) is 0 Å². The molecular formula is C21H34N2Sn. The van der Waals surface area contributed by atoms with E-state index in [9.17, 15) is 0 Å². The van der Waals surface area contributed by atoms with Crippen molar-refractivity contribution >= 4 is 22.2 Å². The maximum atomic E-state index is 4.98. The van der Waals surface area contributed by atoms with Crippen molar-refractivity contribution in [2.75, 3.05) is 0 Å². The van der Waals surface area contributed by atoms with Crippen molar-refractivity contribution in [1.29, 1.82) is 0 Å². The van der Waals surface area contributed by atoms with Crippen molar-refractivity contribution in [3.8, 4) is 5.69 Å². The molecule has 0 aliphatic carbocycles. The summed E-state index contributed by atoms with van der Waals surface area (Å²) >= 11 is -2.47. The summed E-state index contributed by atoms with van der Waals surface area (Å²) < 4.78 is 8.32. The Morgan fingerprint density at radius 3 is 1.88 bits per heavy atom. The first kappa shape index (κ1) is 19.6. The van der Waals surface area contributed by atoms with Crippen molar-refractivity contribution < 1.29 is 0 Å². The topological polar surface area (TPSA) is 17.8 Å². The summed E-state index contributed by atoms with van der Waals surface area (Å²) in [6, 6.07) is 10.8. The number of hydrogen-bond donors (Lipinski definition) is 0. The molecule has 0 amide bonds. The molecule has 0 aliphatic heterocycles. The molecule has 0 radical (unpaired) electrons.